The third-order valence-corrected chi connectivity index (χ3v) is 5.58. The minimum atomic E-state index is -4.75. The van der Waals surface area contributed by atoms with Gasteiger partial charge in [0.05, 0.1) is 5.56 Å². The highest BCUT2D eigenvalue weighted by Gasteiger charge is 2.34. The Labute approximate surface area is 132 Å². The lowest BCUT2D eigenvalue weighted by Crippen LogP contribution is -2.44. The Bertz CT molecular complexity index is 655. The first kappa shape index (κ1) is 18.2. The SMILES string of the molecule is NCC(NS(=O)(=O)c1cc(C(F)(F)F)ccc1F)C1CCCC1. The molecule has 0 amide bonds. The van der Waals surface area contributed by atoms with E-state index >= 15 is 0 Å². The molecule has 0 saturated heterocycles. The Morgan fingerprint density at radius 2 is 1.87 bits per heavy atom. The molecule has 3 N–H and O–H groups in total. The van der Waals surface area contributed by atoms with Gasteiger partial charge < -0.3 is 5.73 Å². The van der Waals surface area contributed by atoms with E-state index in [1.54, 1.807) is 0 Å². The zero-order valence-electron chi connectivity index (χ0n) is 12.2. The maximum atomic E-state index is 13.8. The van der Waals surface area contributed by atoms with E-state index < -0.39 is 38.5 Å². The van der Waals surface area contributed by atoms with Crippen LogP contribution in [0.1, 0.15) is 31.2 Å². The Kier molecular flexibility index (Phi) is 5.32. The van der Waals surface area contributed by atoms with Crippen LogP contribution in [0.2, 0.25) is 0 Å². The summed E-state index contributed by atoms with van der Waals surface area (Å²) in [5, 5.41) is 0. The molecule has 1 unspecified atom stereocenters. The monoisotopic (exact) mass is 354 g/mol. The first-order valence-electron chi connectivity index (χ1n) is 7.24. The van der Waals surface area contributed by atoms with E-state index in [1.165, 1.54) is 0 Å². The van der Waals surface area contributed by atoms with E-state index in [4.69, 9.17) is 5.73 Å². The number of benzene rings is 1. The number of nitrogens with one attached hydrogen (secondary N) is 1. The van der Waals surface area contributed by atoms with E-state index in [-0.39, 0.29) is 12.5 Å². The molecule has 1 aromatic carbocycles. The molecule has 0 aromatic heterocycles. The molecule has 4 nitrogen and oxygen atoms in total. The van der Waals surface area contributed by atoms with Crippen molar-refractivity contribution in [2.45, 2.75) is 42.8 Å². The number of hydrogen-bond donors (Lipinski definition) is 2. The van der Waals surface area contributed by atoms with Gasteiger partial charge in [-0.05, 0) is 37.0 Å². The van der Waals surface area contributed by atoms with Crippen molar-refractivity contribution in [2.75, 3.05) is 6.54 Å². The zero-order chi connectivity index (χ0) is 17.3. The Balaban J connectivity index is 2.31. The van der Waals surface area contributed by atoms with E-state index in [1.807, 2.05) is 0 Å². The molecule has 2 rings (SSSR count). The largest absolute Gasteiger partial charge is 0.416 e. The van der Waals surface area contributed by atoms with Crippen molar-refractivity contribution in [3.8, 4) is 0 Å². The summed E-state index contributed by atoms with van der Waals surface area (Å²) < 4.78 is 78.7. The van der Waals surface area contributed by atoms with Crippen LogP contribution in [-0.2, 0) is 16.2 Å². The molecule has 1 fully saturated rings. The summed E-state index contributed by atoms with van der Waals surface area (Å²) in [4.78, 5) is -1.01. The summed E-state index contributed by atoms with van der Waals surface area (Å²) in [5.74, 6) is -1.21. The minimum absolute atomic E-state index is 0.00444. The number of rotatable bonds is 5. The zero-order valence-corrected chi connectivity index (χ0v) is 13.1. The molecule has 1 atom stereocenters. The fraction of sp³-hybridized carbons (Fsp3) is 0.571. The van der Waals surface area contributed by atoms with Crippen LogP contribution in [-0.4, -0.2) is 21.0 Å². The quantitative estimate of drug-likeness (QED) is 0.799. The van der Waals surface area contributed by atoms with Gasteiger partial charge in [0, 0.05) is 12.6 Å². The average molecular weight is 354 g/mol. The summed E-state index contributed by atoms with van der Waals surface area (Å²) in [6, 6.07) is 0.701. The van der Waals surface area contributed by atoms with Gasteiger partial charge in [0.15, 0.2) is 0 Å². The smallest absolute Gasteiger partial charge is 0.329 e. The van der Waals surface area contributed by atoms with Gasteiger partial charge in [-0.25, -0.2) is 17.5 Å². The van der Waals surface area contributed by atoms with Gasteiger partial charge in [-0.1, -0.05) is 12.8 Å². The summed E-state index contributed by atoms with van der Waals surface area (Å²) in [6.07, 6.45) is -1.29. The van der Waals surface area contributed by atoms with Crippen LogP contribution in [0.25, 0.3) is 0 Å². The molecule has 1 aliphatic rings. The van der Waals surface area contributed by atoms with Crippen LogP contribution in [0.5, 0.6) is 0 Å². The number of sulfonamides is 1. The van der Waals surface area contributed by atoms with Gasteiger partial charge in [-0.15, -0.1) is 0 Å². The fourth-order valence-electron chi connectivity index (χ4n) is 2.84. The van der Waals surface area contributed by atoms with Crippen LogP contribution in [0, 0.1) is 11.7 Å². The second-order valence-electron chi connectivity index (χ2n) is 5.65. The van der Waals surface area contributed by atoms with Gasteiger partial charge >= 0.3 is 6.18 Å². The molecule has 1 saturated carbocycles. The first-order valence-corrected chi connectivity index (χ1v) is 8.72. The fourth-order valence-corrected chi connectivity index (χ4v) is 4.27. The van der Waals surface area contributed by atoms with Crippen LogP contribution in [0.15, 0.2) is 23.1 Å². The average Bonchev–Trinajstić information content (AvgIpc) is 2.97. The van der Waals surface area contributed by atoms with Gasteiger partial charge in [0.25, 0.3) is 0 Å². The van der Waals surface area contributed by atoms with Crippen LogP contribution in [0.3, 0.4) is 0 Å². The summed E-state index contributed by atoms with van der Waals surface area (Å²) in [5.41, 5.74) is 4.36. The van der Waals surface area contributed by atoms with Crippen molar-refractivity contribution < 1.29 is 26.0 Å². The van der Waals surface area contributed by atoms with Crippen LogP contribution in [0.4, 0.5) is 17.6 Å². The summed E-state index contributed by atoms with van der Waals surface area (Å²) >= 11 is 0. The van der Waals surface area contributed by atoms with Crippen molar-refractivity contribution >= 4 is 10.0 Å². The summed E-state index contributed by atoms with van der Waals surface area (Å²) in [6.45, 7) is 0.00444. The van der Waals surface area contributed by atoms with Gasteiger partial charge in [-0.2, -0.15) is 13.2 Å². The van der Waals surface area contributed by atoms with Crippen molar-refractivity contribution in [3.05, 3.63) is 29.6 Å². The first-order chi connectivity index (χ1) is 10.6. The van der Waals surface area contributed by atoms with Gasteiger partial charge in [0.2, 0.25) is 10.0 Å². The second kappa shape index (κ2) is 6.74. The minimum Gasteiger partial charge on any atom is -0.329 e. The predicted molar refractivity (Wildman–Crippen MR) is 76.5 cm³/mol. The molecular weight excluding hydrogens is 336 g/mol. The lowest BCUT2D eigenvalue weighted by Gasteiger charge is -2.23. The Morgan fingerprint density at radius 1 is 1.26 bits per heavy atom. The predicted octanol–water partition coefficient (Wildman–Crippen LogP) is 2.64. The van der Waals surface area contributed by atoms with E-state index in [2.05, 4.69) is 4.72 Å². The second-order valence-corrected chi connectivity index (χ2v) is 7.33. The molecule has 0 radical (unpaired) electrons. The van der Waals surface area contributed by atoms with Crippen LogP contribution < -0.4 is 10.5 Å². The van der Waals surface area contributed by atoms with Crippen LogP contribution >= 0.6 is 0 Å². The molecular formula is C14H18F4N2O2S. The molecule has 1 aromatic rings. The molecule has 0 spiro atoms. The molecule has 0 heterocycles. The number of alkyl halides is 3. The van der Waals surface area contributed by atoms with Crippen molar-refractivity contribution in [3.63, 3.8) is 0 Å². The third-order valence-electron chi connectivity index (χ3n) is 4.08. The normalized spacial score (nSPS) is 18.3. The standard InChI is InChI=1S/C14H18F4N2O2S/c15-11-6-5-10(14(16,17)18)7-13(11)23(21,22)20-12(8-19)9-3-1-2-4-9/h5-7,9,12,20H,1-4,8,19H2. The third kappa shape index (κ3) is 4.21. The molecule has 23 heavy (non-hydrogen) atoms. The summed E-state index contributed by atoms with van der Waals surface area (Å²) in [7, 11) is -4.43. The topological polar surface area (TPSA) is 72.2 Å². The number of hydrogen-bond acceptors (Lipinski definition) is 3. The molecule has 0 bridgehead atoms. The molecule has 0 aliphatic heterocycles. The highest BCUT2D eigenvalue weighted by molar-refractivity contribution is 7.89. The van der Waals surface area contributed by atoms with Crippen molar-refractivity contribution in [1.82, 2.24) is 4.72 Å². The van der Waals surface area contributed by atoms with Gasteiger partial charge in [0.1, 0.15) is 10.7 Å². The maximum absolute atomic E-state index is 13.8. The number of halogens is 4. The highest BCUT2D eigenvalue weighted by atomic mass is 32.2. The van der Waals surface area contributed by atoms with Crippen molar-refractivity contribution in [1.29, 1.82) is 0 Å². The molecule has 130 valence electrons. The van der Waals surface area contributed by atoms with Crippen molar-refractivity contribution in [2.24, 2.45) is 11.7 Å². The molecule has 1 aliphatic carbocycles. The Morgan fingerprint density at radius 3 is 2.39 bits per heavy atom. The maximum Gasteiger partial charge on any atom is 0.416 e. The van der Waals surface area contributed by atoms with Gasteiger partial charge in [-0.3, -0.25) is 0 Å². The van der Waals surface area contributed by atoms with E-state index in [9.17, 15) is 26.0 Å². The van der Waals surface area contributed by atoms with E-state index in [0.29, 0.717) is 18.2 Å². The van der Waals surface area contributed by atoms with E-state index in [0.717, 1.165) is 25.7 Å². The lowest BCUT2D eigenvalue weighted by molar-refractivity contribution is -0.137. The lowest BCUT2D eigenvalue weighted by atomic mass is 9.99. The Hall–Kier alpha value is -1.19. The number of nitrogens with two attached hydrogens (primary N) is 1. The molecule has 9 heteroatoms. The highest BCUT2D eigenvalue weighted by Crippen LogP contribution is 2.32.